The minimum atomic E-state index is -0.129. The molecule has 1 N–H and O–H groups in total. The maximum absolute atomic E-state index is 12.0. The van der Waals surface area contributed by atoms with Gasteiger partial charge in [0.15, 0.2) is 0 Å². The second-order valence-corrected chi connectivity index (χ2v) is 5.40. The number of benzene rings is 3. The summed E-state index contributed by atoms with van der Waals surface area (Å²) in [4.78, 5) is 12.0. The predicted octanol–water partition coefficient (Wildman–Crippen LogP) is 4.20. The van der Waals surface area contributed by atoms with Crippen molar-refractivity contribution in [3.05, 3.63) is 90.0 Å². The molecule has 1 amide bonds. The number of fused-ring (bicyclic) bond motifs is 1. The molecule has 3 rings (SSSR count). The van der Waals surface area contributed by atoms with Gasteiger partial charge in [0.2, 0.25) is 5.91 Å². The van der Waals surface area contributed by atoms with E-state index in [-0.39, 0.29) is 5.91 Å². The zero-order valence-electron chi connectivity index (χ0n) is 13.2. The molecule has 3 aromatic carbocycles. The van der Waals surface area contributed by atoms with Crippen LogP contribution in [0.4, 0.5) is 0 Å². The van der Waals surface area contributed by atoms with Crippen molar-refractivity contribution in [2.75, 3.05) is 0 Å². The van der Waals surface area contributed by atoms with Crippen LogP contribution >= 0.6 is 0 Å². The van der Waals surface area contributed by atoms with E-state index in [0.717, 1.165) is 21.9 Å². The van der Waals surface area contributed by atoms with Crippen molar-refractivity contribution in [2.24, 2.45) is 5.10 Å². The van der Waals surface area contributed by atoms with Crippen LogP contribution in [0.5, 0.6) is 0 Å². The maximum Gasteiger partial charge on any atom is 0.244 e. The summed E-state index contributed by atoms with van der Waals surface area (Å²) in [6, 6.07) is 24.0. The van der Waals surface area contributed by atoms with E-state index < -0.39 is 0 Å². The van der Waals surface area contributed by atoms with Crippen molar-refractivity contribution in [1.82, 2.24) is 5.43 Å². The minimum absolute atomic E-state index is 0.129. The largest absolute Gasteiger partial charge is 0.273 e. The molecule has 24 heavy (non-hydrogen) atoms. The third-order valence-corrected chi connectivity index (χ3v) is 3.67. The summed E-state index contributed by atoms with van der Waals surface area (Å²) < 4.78 is 0. The number of nitrogens with zero attached hydrogens (tertiary/aromatic N) is 1. The molecule has 0 aromatic heterocycles. The molecule has 3 heteroatoms. The Morgan fingerprint density at radius 1 is 0.917 bits per heavy atom. The minimum Gasteiger partial charge on any atom is -0.273 e. The smallest absolute Gasteiger partial charge is 0.244 e. The second-order valence-electron chi connectivity index (χ2n) is 5.40. The third-order valence-electron chi connectivity index (χ3n) is 3.67. The zero-order chi connectivity index (χ0) is 16.6. The van der Waals surface area contributed by atoms with E-state index >= 15 is 0 Å². The van der Waals surface area contributed by atoms with Crippen molar-refractivity contribution < 1.29 is 4.79 Å². The molecule has 0 bridgehead atoms. The van der Waals surface area contributed by atoms with Gasteiger partial charge in [0.25, 0.3) is 0 Å². The van der Waals surface area contributed by atoms with Gasteiger partial charge in [0, 0.05) is 6.21 Å². The molecule has 0 saturated carbocycles. The van der Waals surface area contributed by atoms with Crippen LogP contribution in [0, 0.1) is 0 Å². The van der Waals surface area contributed by atoms with Crippen LogP contribution in [0.1, 0.15) is 11.1 Å². The highest BCUT2D eigenvalue weighted by molar-refractivity contribution is 5.90. The number of carbonyl (C=O) groups is 1. The standard InChI is InChI=1S/C21H18N2O/c24-21(23-22-15-7-10-17-8-2-1-3-9-17)16-19-13-6-12-18-11-4-5-14-20(18)19/h1-15H,16H2,(H,23,24)/b10-7+,22-15-. The van der Waals surface area contributed by atoms with E-state index in [9.17, 15) is 4.79 Å². The van der Waals surface area contributed by atoms with E-state index in [4.69, 9.17) is 0 Å². The molecule has 0 aliphatic rings. The summed E-state index contributed by atoms with van der Waals surface area (Å²) in [5.41, 5.74) is 4.65. The molecule has 0 aliphatic carbocycles. The topological polar surface area (TPSA) is 41.5 Å². The number of hydrazone groups is 1. The highest BCUT2D eigenvalue weighted by Crippen LogP contribution is 2.18. The lowest BCUT2D eigenvalue weighted by Crippen LogP contribution is -2.19. The van der Waals surface area contributed by atoms with E-state index in [0.29, 0.717) is 6.42 Å². The van der Waals surface area contributed by atoms with Gasteiger partial charge in [-0.2, -0.15) is 5.10 Å². The fourth-order valence-electron chi connectivity index (χ4n) is 2.53. The highest BCUT2D eigenvalue weighted by atomic mass is 16.2. The molecule has 0 heterocycles. The van der Waals surface area contributed by atoms with E-state index in [2.05, 4.69) is 10.5 Å². The predicted molar refractivity (Wildman–Crippen MR) is 99.8 cm³/mol. The van der Waals surface area contributed by atoms with Crippen molar-refractivity contribution in [3.8, 4) is 0 Å². The lowest BCUT2D eigenvalue weighted by molar-refractivity contribution is -0.120. The van der Waals surface area contributed by atoms with Crippen molar-refractivity contribution in [2.45, 2.75) is 6.42 Å². The molecule has 3 nitrogen and oxygen atoms in total. The average Bonchev–Trinajstić information content (AvgIpc) is 2.63. The van der Waals surface area contributed by atoms with Crippen molar-refractivity contribution >= 4 is 29.0 Å². The van der Waals surface area contributed by atoms with Gasteiger partial charge in [-0.3, -0.25) is 4.79 Å². The van der Waals surface area contributed by atoms with Crippen LogP contribution in [0.2, 0.25) is 0 Å². The Morgan fingerprint density at radius 3 is 2.54 bits per heavy atom. The summed E-state index contributed by atoms with van der Waals surface area (Å²) in [5, 5.41) is 6.19. The zero-order valence-corrected chi connectivity index (χ0v) is 13.2. The second kappa shape index (κ2) is 7.88. The van der Waals surface area contributed by atoms with Gasteiger partial charge in [-0.05, 0) is 28.0 Å². The molecule has 3 aromatic rings. The summed E-state index contributed by atoms with van der Waals surface area (Å²) in [6.07, 6.45) is 5.61. The number of hydrogen-bond donors (Lipinski definition) is 1. The quantitative estimate of drug-likeness (QED) is 0.556. The number of rotatable bonds is 5. The monoisotopic (exact) mass is 314 g/mol. The molecular formula is C21H18N2O. The summed E-state index contributed by atoms with van der Waals surface area (Å²) in [6.45, 7) is 0. The van der Waals surface area contributed by atoms with Gasteiger partial charge in [0.05, 0.1) is 6.42 Å². The number of nitrogens with one attached hydrogen (secondary N) is 1. The normalized spacial score (nSPS) is 11.3. The Kier molecular flexibility index (Phi) is 5.15. The first-order chi connectivity index (χ1) is 11.8. The Labute approximate surface area is 141 Å². The Morgan fingerprint density at radius 2 is 1.67 bits per heavy atom. The van der Waals surface area contributed by atoms with E-state index in [1.807, 2.05) is 78.9 Å². The maximum atomic E-state index is 12.0. The lowest BCUT2D eigenvalue weighted by atomic mass is 10.0. The lowest BCUT2D eigenvalue weighted by Gasteiger charge is -2.05. The first kappa shape index (κ1) is 15.7. The van der Waals surface area contributed by atoms with E-state index in [1.54, 1.807) is 12.3 Å². The first-order valence-corrected chi connectivity index (χ1v) is 7.83. The van der Waals surface area contributed by atoms with Crippen molar-refractivity contribution in [3.63, 3.8) is 0 Å². The van der Waals surface area contributed by atoms with E-state index in [1.165, 1.54) is 0 Å². The molecule has 0 unspecified atom stereocenters. The summed E-state index contributed by atoms with van der Waals surface area (Å²) in [5.74, 6) is -0.129. The molecule has 118 valence electrons. The van der Waals surface area contributed by atoms with Gasteiger partial charge in [-0.25, -0.2) is 5.43 Å². The molecule has 0 atom stereocenters. The molecule has 0 saturated heterocycles. The third kappa shape index (κ3) is 4.17. The van der Waals surface area contributed by atoms with Gasteiger partial charge < -0.3 is 0 Å². The molecule has 0 radical (unpaired) electrons. The fraction of sp³-hybridized carbons (Fsp3) is 0.0476. The Hall–Kier alpha value is -3.20. The molecular weight excluding hydrogens is 296 g/mol. The van der Waals surface area contributed by atoms with Crippen LogP contribution in [0.25, 0.3) is 16.8 Å². The van der Waals surface area contributed by atoms with Crippen LogP contribution < -0.4 is 5.43 Å². The Balaban J connectivity index is 1.57. The Bertz CT molecular complexity index is 877. The molecule has 0 spiro atoms. The first-order valence-electron chi connectivity index (χ1n) is 7.83. The average molecular weight is 314 g/mol. The SMILES string of the molecule is O=C(Cc1cccc2ccccc12)N/N=C\C=C\c1ccccc1. The number of hydrogen-bond acceptors (Lipinski definition) is 2. The fourth-order valence-corrected chi connectivity index (χ4v) is 2.53. The van der Waals surface area contributed by atoms with Gasteiger partial charge in [-0.15, -0.1) is 0 Å². The summed E-state index contributed by atoms with van der Waals surface area (Å²) >= 11 is 0. The van der Waals surface area contributed by atoms with Gasteiger partial charge in [-0.1, -0.05) is 78.9 Å². The number of allylic oxidation sites excluding steroid dienone is 1. The van der Waals surface area contributed by atoms with Gasteiger partial charge in [0.1, 0.15) is 0 Å². The molecule has 0 fully saturated rings. The molecule has 0 aliphatic heterocycles. The van der Waals surface area contributed by atoms with Crippen LogP contribution in [0.15, 0.2) is 84.0 Å². The van der Waals surface area contributed by atoms with Crippen LogP contribution in [-0.2, 0) is 11.2 Å². The van der Waals surface area contributed by atoms with Crippen molar-refractivity contribution in [1.29, 1.82) is 0 Å². The summed E-state index contributed by atoms with van der Waals surface area (Å²) in [7, 11) is 0. The number of carbonyl (C=O) groups excluding carboxylic acids is 1. The number of amides is 1. The van der Waals surface area contributed by atoms with Crippen LogP contribution in [0.3, 0.4) is 0 Å². The highest BCUT2D eigenvalue weighted by Gasteiger charge is 2.05. The van der Waals surface area contributed by atoms with Crippen LogP contribution in [-0.4, -0.2) is 12.1 Å². The van der Waals surface area contributed by atoms with Gasteiger partial charge >= 0.3 is 0 Å².